The minimum absolute atomic E-state index is 0.0611. The fraction of sp³-hybridized carbons (Fsp3) is 0.833. The lowest BCUT2D eigenvalue weighted by Gasteiger charge is -2.23. The number of thioether (sulfide) groups is 2. The molecular formula is C18H29N3O4S2. The first kappa shape index (κ1) is 20.8. The first-order valence-corrected chi connectivity index (χ1v) is 11.7. The highest BCUT2D eigenvalue weighted by molar-refractivity contribution is 8.01. The van der Waals surface area contributed by atoms with Crippen molar-refractivity contribution in [2.75, 3.05) is 12.4 Å². The maximum Gasteiger partial charge on any atom is 0.413 e. The zero-order valence-electron chi connectivity index (χ0n) is 15.9. The number of carbonyl (C=O) groups is 3. The summed E-state index contributed by atoms with van der Waals surface area (Å²) in [6, 6.07) is 0.422. The summed E-state index contributed by atoms with van der Waals surface area (Å²) in [5, 5.41) is 8.71. The van der Waals surface area contributed by atoms with Gasteiger partial charge in [0.25, 0.3) is 0 Å². The molecule has 9 heteroatoms. The molecule has 1 saturated carbocycles. The molecule has 3 amide bonds. The highest BCUT2D eigenvalue weighted by Crippen LogP contribution is 2.37. The number of alkyl carbamates (subject to hydrolysis) is 1. The molecule has 5 unspecified atom stereocenters. The molecule has 0 bridgehead atoms. The molecule has 0 aromatic heterocycles. The van der Waals surface area contributed by atoms with Crippen LogP contribution >= 0.6 is 23.5 Å². The Hall–Kier alpha value is -0.930. The Labute approximate surface area is 168 Å². The molecule has 3 aliphatic rings. The summed E-state index contributed by atoms with van der Waals surface area (Å²) in [5.41, 5.74) is 0. The van der Waals surface area contributed by atoms with Gasteiger partial charge in [-0.2, -0.15) is 0 Å². The number of fused-ring (bicyclic) bond motifs is 1. The van der Waals surface area contributed by atoms with Crippen LogP contribution in [0.25, 0.3) is 0 Å². The van der Waals surface area contributed by atoms with Crippen LogP contribution in [0.1, 0.15) is 46.0 Å². The molecule has 0 aromatic rings. The molecule has 3 fully saturated rings. The van der Waals surface area contributed by atoms with Crippen LogP contribution in [0.15, 0.2) is 0 Å². The molecule has 5 atom stereocenters. The van der Waals surface area contributed by atoms with Gasteiger partial charge in [-0.05, 0) is 30.9 Å². The Morgan fingerprint density at radius 2 is 1.93 bits per heavy atom. The van der Waals surface area contributed by atoms with Crippen LogP contribution in [0.2, 0.25) is 0 Å². The van der Waals surface area contributed by atoms with Gasteiger partial charge in [0.05, 0.1) is 17.9 Å². The fourth-order valence-corrected chi connectivity index (χ4v) is 6.52. The van der Waals surface area contributed by atoms with Crippen molar-refractivity contribution in [2.45, 2.75) is 68.0 Å². The van der Waals surface area contributed by atoms with E-state index < -0.39 is 12.0 Å². The molecule has 0 spiro atoms. The van der Waals surface area contributed by atoms with Gasteiger partial charge in [-0.15, -0.1) is 23.5 Å². The lowest BCUT2D eigenvalue weighted by atomic mass is 9.95. The first-order chi connectivity index (χ1) is 12.9. The number of nitrogens with one attached hydrogen (secondary N) is 3. The largest absolute Gasteiger partial charge is 0.449 e. The molecule has 152 valence electrons. The van der Waals surface area contributed by atoms with E-state index in [1.165, 1.54) is 12.8 Å². The van der Waals surface area contributed by atoms with Gasteiger partial charge >= 0.3 is 6.09 Å². The highest BCUT2D eigenvalue weighted by atomic mass is 32.2. The van der Waals surface area contributed by atoms with Crippen molar-refractivity contribution in [1.82, 2.24) is 16.0 Å². The van der Waals surface area contributed by atoms with Crippen molar-refractivity contribution >= 4 is 41.4 Å². The molecule has 3 rings (SSSR count). The zero-order chi connectivity index (χ0) is 19.4. The van der Waals surface area contributed by atoms with Crippen molar-refractivity contribution in [1.29, 1.82) is 0 Å². The highest BCUT2D eigenvalue weighted by Gasteiger charge is 2.41. The van der Waals surface area contributed by atoms with Crippen LogP contribution in [0.3, 0.4) is 0 Å². The smallest absolute Gasteiger partial charge is 0.413 e. The standard InChI is InChI=1S/C18H29N3O4S2/c1-10(2)9-25-18(24)21-14(22)11-7-8-26-16(11)20-15(23)17-19-12-5-3-4-6-13(12)27-17/h10-13,16-17,19H,3-9H2,1-2H3,(H,20,23)(H,21,22,24). The van der Waals surface area contributed by atoms with E-state index in [-0.39, 0.29) is 35.1 Å². The van der Waals surface area contributed by atoms with Crippen molar-refractivity contribution < 1.29 is 19.1 Å². The number of amides is 3. The predicted molar refractivity (Wildman–Crippen MR) is 107 cm³/mol. The minimum atomic E-state index is -0.715. The van der Waals surface area contributed by atoms with Gasteiger partial charge in [-0.1, -0.05) is 26.7 Å². The van der Waals surface area contributed by atoms with E-state index in [0.29, 0.717) is 17.7 Å². The summed E-state index contributed by atoms with van der Waals surface area (Å²) in [4.78, 5) is 36.8. The van der Waals surface area contributed by atoms with E-state index in [1.807, 2.05) is 13.8 Å². The number of ether oxygens (including phenoxy) is 1. The third-order valence-electron chi connectivity index (χ3n) is 5.10. The van der Waals surface area contributed by atoms with E-state index in [9.17, 15) is 14.4 Å². The number of carbonyl (C=O) groups excluding carboxylic acids is 3. The van der Waals surface area contributed by atoms with Crippen LogP contribution in [0.4, 0.5) is 4.79 Å². The second-order valence-electron chi connectivity index (χ2n) is 7.79. The van der Waals surface area contributed by atoms with Crippen molar-refractivity contribution in [2.24, 2.45) is 11.8 Å². The Balaban J connectivity index is 1.48. The molecule has 0 aromatic carbocycles. The van der Waals surface area contributed by atoms with E-state index in [2.05, 4.69) is 16.0 Å². The lowest BCUT2D eigenvalue weighted by molar-refractivity contribution is -0.125. The average molecular weight is 416 g/mol. The summed E-state index contributed by atoms with van der Waals surface area (Å²) >= 11 is 3.26. The van der Waals surface area contributed by atoms with Gasteiger partial charge in [-0.3, -0.25) is 20.2 Å². The SMILES string of the molecule is CC(C)COC(=O)NC(=O)C1CCSC1NC(=O)C1NC2CCCCC2S1. The van der Waals surface area contributed by atoms with E-state index in [4.69, 9.17) is 4.74 Å². The van der Waals surface area contributed by atoms with Gasteiger partial charge in [0.1, 0.15) is 5.37 Å². The van der Waals surface area contributed by atoms with Gasteiger partial charge in [0.2, 0.25) is 11.8 Å². The van der Waals surface area contributed by atoms with Crippen LogP contribution in [-0.4, -0.2) is 52.3 Å². The first-order valence-electron chi connectivity index (χ1n) is 9.75. The van der Waals surface area contributed by atoms with Gasteiger partial charge < -0.3 is 10.1 Å². The van der Waals surface area contributed by atoms with Gasteiger partial charge in [0.15, 0.2) is 0 Å². The Kier molecular flexibility index (Phi) is 7.33. The van der Waals surface area contributed by atoms with E-state index in [0.717, 1.165) is 18.6 Å². The maximum atomic E-state index is 12.7. The number of imide groups is 1. The number of rotatable bonds is 5. The molecule has 1 aliphatic carbocycles. The van der Waals surface area contributed by atoms with Crippen LogP contribution < -0.4 is 16.0 Å². The molecule has 27 heavy (non-hydrogen) atoms. The van der Waals surface area contributed by atoms with E-state index >= 15 is 0 Å². The predicted octanol–water partition coefficient (Wildman–Crippen LogP) is 2.06. The molecule has 2 aliphatic heterocycles. The van der Waals surface area contributed by atoms with Crippen molar-refractivity contribution in [3.05, 3.63) is 0 Å². The second kappa shape index (κ2) is 9.52. The third kappa shape index (κ3) is 5.54. The summed E-state index contributed by atoms with van der Waals surface area (Å²) < 4.78 is 5.01. The lowest BCUT2D eigenvalue weighted by Crippen LogP contribution is -2.49. The zero-order valence-corrected chi connectivity index (χ0v) is 17.5. The molecule has 3 N–H and O–H groups in total. The monoisotopic (exact) mass is 415 g/mol. The maximum absolute atomic E-state index is 12.7. The second-order valence-corrected chi connectivity index (χ2v) is 10.4. The number of hydrogen-bond donors (Lipinski definition) is 3. The molecular weight excluding hydrogens is 386 g/mol. The molecule has 2 saturated heterocycles. The van der Waals surface area contributed by atoms with Crippen molar-refractivity contribution in [3.8, 4) is 0 Å². The van der Waals surface area contributed by atoms with E-state index in [1.54, 1.807) is 23.5 Å². The normalized spacial score (nSPS) is 32.8. The summed E-state index contributed by atoms with van der Waals surface area (Å²) in [7, 11) is 0. The molecule has 7 nitrogen and oxygen atoms in total. The summed E-state index contributed by atoms with van der Waals surface area (Å²) in [6.07, 6.45) is 4.66. The topological polar surface area (TPSA) is 96.5 Å². The van der Waals surface area contributed by atoms with Crippen molar-refractivity contribution in [3.63, 3.8) is 0 Å². The molecule has 2 heterocycles. The Morgan fingerprint density at radius 3 is 2.67 bits per heavy atom. The minimum Gasteiger partial charge on any atom is -0.449 e. The quantitative estimate of drug-likeness (QED) is 0.632. The number of hydrogen-bond acceptors (Lipinski definition) is 7. The fourth-order valence-electron chi connectivity index (χ4n) is 3.68. The van der Waals surface area contributed by atoms with Crippen LogP contribution in [-0.2, 0) is 14.3 Å². The van der Waals surface area contributed by atoms with Gasteiger partial charge in [0, 0.05) is 11.3 Å². The average Bonchev–Trinajstić information content (AvgIpc) is 3.26. The third-order valence-corrected chi connectivity index (χ3v) is 7.92. The summed E-state index contributed by atoms with van der Waals surface area (Å²) in [6.45, 7) is 4.13. The Bertz CT molecular complexity index is 561. The molecule has 0 radical (unpaired) electrons. The van der Waals surface area contributed by atoms with Gasteiger partial charge in [-0.25, -0.2) is 4.79 Å². The summed E-state index contributed by atoms with van der Waals surface area (Å²) in [5.74, 6) is 0.133. The van der Waals surface area contributed by atoms with Crippen LogP contribution in [0.5, 0.6) is 0 Å². The van der Waals surface area contributed by atoms with Crippen LogP contribution in [0, 0.1) is 11.8 Å². The Morgan fingerprint density at radius 1 is 1.15 bits per heavy atom.